The van der Waals surface area contributed by atoms with E-state index in [9.17, 15) is 0 Å². The molecule has 0 bridgehead atoms. The number of hydrogen-bond donors (Lipinski definition) is 2. The average molecular weight is 355 g/mol. The van der Waals surface area contributed by atoms with E-state index < -0.39 is 0 Å². The first-order valence-corrected chi connectivity index (χ1v) is 10.1. The van der Waals surface area contributed by atoms with Gasteiger partial charge in [0.05, 0.1) is 0 Å². The van der Waals surface area contributed by atoms with Gasteiger partial charge in [-0.1, -0.05) is 39.5 Å². The average Bonchev–Trinajstić information content (AvgIpc) is 2.90. The van der Waals surface area contributed by atoms with E-state index in [4.69, 9.17) is 0 Å². The molecule has 0 saturated heterocycles. The molecule has 138 valence electrons. The molecule has 0 fully saturated rings. The first-order valence-electron chi connectivity index (χ1n) is 8.88. The molecular weight excluding hydrogens is 320 g/mol. The fourth-order valence-corrected chi connectivity index (χ4v) is 2.88. The smallest absolute Gasteiger partial charge is 0.190 e. The van der Waals surface area contributed by atoms with Gasteiger partial charge in [-0.3, -0.25) is 4.99 Å². The van der Waals surface area contributed by atoms with Crippen LogP contribution in [0.25, 0.3) is 0 Å². The van der Waals surface area contributed by atoms with Crippen LogP contribution in [-0.4, -0.2) is 47.1 Å². The summed E-state index contributed by atoms with van der Waals surface area (Å²) in [5.41, 5.74) is 0. The van der Waals surface area contributed by atoms with Crippen LogP contribution in [0.3, 0.4) is 0 Å². The van der Waals surface area contributed by atoms with Crippen LogP contribution in [0.1, 0.15) is 46.4 Å². The summed E-state index contributed by atoms with van der Waals surface area (Å²) in [6, 6.07) is 0. The molecule has 0 saturated carbocycles. The molecule has 6 nitrogen and oxygen atoms in total. The molecule has 1 aromatic heterocycles. The molecule has 0 aromatic carbocycles. The molecule has 0 unspecified atom stereocenters. The Bertz CT molecular complexity index is 495. The van der Waals surface area contributed by atoms with Crippen molar-refractivity contribution in [2.24, 2.45) is 16.8 Å². The molecule has 0 aliphatic heterocycles. The fraction of sp³-hybridized carbons (Fsp3) is 0.824. The molecule has 0 atom stereocenters. The van der Waals surface area contributed by atoms with Crippen molar-refractivity contribution in [3.63, 3.8) is 0 Å². The first-order chi connectivity index (χ1) is 11.5. The van der Waals surface area contributed by atoms with Crippen molar-refractivity contribution in [1.29, 1.82) is 0 Å². The van der Waals surface area contributed by atoms with Crippen molar-refractivity contribution in [2.75, 3.05) is 26.4 Å². The molecule has 0 aliphatic rings. The van der Waals surface area contributed by atoms with E-state index in [0.717, 1.165) is 55.8 Å². The molecule has 1 aromatic rings. The molecule has 1 heterocycles. The zero-order chi connectivity index (χ0) is 17.9. The Balaban J connectivity index is 2.40. The third-order valence-corrected chi connectivity index (χ3v) is 4.30. The van der Waals surface area contributed by atoms with Crippen LogP contribution in [0.4, 0.5) is 0 Å². The molecular formula is C17H34N6S. The van der Waals surface area contributed by atoms with E-state index >= 15 is 0 Å². The van der Waals surface area contributed by atoms with Crippen molar-refractivity contribution >= 4 is 17.7 Å². The highest BCUT2D eigenvalue weighted by Crippen LogP contribution is 2.16. The maximum Gasteiger partial charge on any atom is 0.190 e. The minimum Gasteiger partial charge on any atom is -0.356 e. The summed E-state index contributed by atoms with van der Waals surface area (Å²) in [6.07, 6.45) is 5.14. The van der Waals surface area contributed by atoms with Gasteiger partial charge in [-0.05, 0) is 30.9 Å². The number of guanidine groups is 1. The fourth-order valence-electron chi connectivity index (χ4n) is 2.36. The molecule has 0 radical (unpaired) electrons. The van der Waals surface area contributed by atoms with Crippen LogP contribution in [0, 0.1) is 11.8 Å². The van der Waals surface area contributed by atoms with Gasteiger partial charge >= 0.3 is 0 Å². The number of nitrogens with one attached hydrogen (secondary N) is 2. The lowest BCUT2D eigenvalue weighted by molar-refractivity contribution is 0.477. The summed E-state index contributed by atoms with van der Waals surface area (Å²) in [7, 11) is 1.81. The Morgan fingerprint density at radius 3 is 2.42 bits per heavy atom. The van der Waals surface area contributed by atoms with Crippen molar-refractivity contribution < 1.29 is 0 Å². The quantitative estimate of drug-likeness (QED) is 0.293. The number of aryl methyl sites for hydroxylation is 1. The van der Waals surface area contributed by atoms with Gasteiger partial charge in [-0.2, -0.15) is 0 Å². The van der Waals surface area contributed by atoms with Gasteiger partial charge in [0.25, 0.3) is 0 Å². The number of aromatic nitrogens is 3. The van der Waals surface area contributed by atoms with Crippen LogP contribution in [0.5, 0.6) is 0 Å². The zero-order valence-corrected chi connectivity index (χ0v) is 16.9. The van der Waals surface area contributed by atoms with E-state index in [2.05, 4.69) is 64.3 Å². The Hall–Kier alpha value is -1.24. The first kappa shape index (κ1) is 20.8. The van der Waals surface area contributed by atoms with Crippen molar-refractivity contribution in [2.45, 2.75) is 58.7 Å². The van der Waals surface area contributed by atoms with Crippen LogP contribution < -0.4 is 10.6 Å². The van der Waals surface area contributed by atoms with Crippen molar-refractivity contribution in [3.05, 3.63) is 5.82 Å². The van der Waals surface area contributed by atoms with Crippen LogP contribution in [0.2, 0.25) is 0 Å². The minimum absolute atomic E-state index is 0.591. The number of aliphatic imine (C=N–C) groups is 1. The van der Waals surface area contributed by atoms with Gasteiger partial charge in [0, 0.05) is 33.1 Å². The number of thioether (sulfide) groups is 1. The summed E-state index contributed by atoms with van der Waals surface area (Å²) in [6.45, 7) is 11.7. The summed E-state index contributed by atoms with van der Waals surface area (Å²) in [5.74, 6) is 3.25. The maximum absolute atomic E-state index is 4.36. The second kappa shape index (κ2) is 11.3. The lowest BCUT2D eigenvalue weighted by atomic mass is 10.1. The Labute approximate surface area is 151 Å². The highest BCUT2D eigenvalue weighted by atomic mass is 32.2. The van der Waals surface area contributed by atoms with E-state index in [0.29, 0.717) is 11.8 Å². The third kappa shape index (κ3) is 7.55. The predicted molar refractivity (Wildman–Crippen MR) is 104 cm³/mol. The minimum atomic E-state index is 0.591. The van der Waals surface area contributed by atoms with Gasteiger partial charge < -0.3 is 15.2 Å². The molecule has 2 N–H and O–H groups in total. The highest BCUT2D eigenvalue weighted by molar-refractivity contribution is 7.98. The second-order valence-electron chi connectivity index (χ2n) is 6.82. The summed E-state index contributed by atoms with van der Waals surface area (Å²) in [4.78, 5) is 4.26. The molecule has 24 heavy (non-hydrogen) atoms. The maximum atomic E-state index is 4.36. The molecule has 7 heteroatoms. The molecule has 1 rings (SSSR count). The van der Waals surface area contributed by atoms with Crippen LogP contribution >= 0.6 is 11.8 Å². The van der Waals surface area contributed by atoms with E-state index in [1.165, 1.54) is 0 Å². The normalized spacial score (nSPS) is 12.2. The number of nitrogens with zero attached hydrogens (tertiary/aromatic N) is 4. The zero-order valence-electron chi connectivity index (χ0n) is 16.1. The van der Waals surface area contributed by atoms with Crippen molar-refractivity contribution in [1.82, 2.24) is 25.4 Å². The lowest BCUT2D eigenvalue weighted by Gasteiger charge is -2.13. The predicted octanol–water partition coefficient (Wildman–Crippen LogP) is 2.80. The van der Waals surface area contributed by atoms with E-state index in [-0.39, 0.29) is 0 Å². The van der Waals surface area contributed by atoms with E-state index in [1.807, 2.05) is 7.05 Å². The van der Waals surface area contributed by atoms with Gasteiger partial charge in [0.2, 0.25) is 0 Å². The molecule has 0 spiro atoms. The number of hydrogen-bond acceptors (Lipinski definition) is 4. The van der Waals surface area contributed by atoms with Gasteiger partial charge in [0.1, 0.15) is 5.82 Å². The lowest BCUT2D eigenvalue weighted by Crippen LogP contribution is -2.38. The highest BCUT2D eigenvalue weighted by Gasteiger charge is 2.12. The summed E-state index contributed by atoms with van der Waals surface area (Å²) in [5, 5.41) is 16.4. The number of rotatable bonds is 10. The third-order valence-electron chi connectivity index (χ3n) is 3.63. The molecule has 0 amide bonds. The molecule has 0 aliphatic carbocycles. The van der Waals surface area contributed by atoms with Gasteiger partial charge in [-0.15, -0.1) is 10.2 Å². The van der Waals surface area contributed by atoms with Gasteiger partial charge in [0.15, 0.2) is 11.1 Å². The SMILES string of the molecule is CN=C(NCCCc1nnc(SC)n1CC(C)C)NCCC(C)C. The largest absolute Gasteiger partial charge is 0.356 e. The Kier molecular flexibility index (Phi) is 9.83. The Morgan fingerprint density at radius 1 is 1.12 bits per heavy atom. The second-order valence-corrected chi connectivity index (χ2v) is 7.59. The standard InChI is InChI=1S/C17H34N6S/c1-13(2)9-11-20-16(18-5)19-10-7-8-15-21-22-17(24-6)23(15)12-14(3)4/h13-14H,7-12H2,1-6H3,(H2,18,19,20). The Morgan fingerprint density at radius 2 is 1.83 bits per heavy atom. The topological polar surface area (TPSA) is 67.1 Å². The van der Waals surface area contributed by atoms with Gasteiger partial charge in [-0.25, -0.2) is 0 Å². The van der Waals surface area contributed by atoms with E-state index in [1.54, 1.807) is 11.8 Å². The monoisotopic (exact) mass is 354 g/mol. The van der Waals surface area contributed by atoms with Crippen LogP contribution in [0.15, 0.2) is 10.1 Å². The summed E-state index contributed by atoms with van der Waals surface area (Å²) < 4.78 is 2.26. The summed E-state index contributed by atoms with van der Waals surface area (Å²) >= 11 is 1.66. The van der Waals surface area contributed by atoms with Crippen LogP contribution in [-0.2, 0) is 13.0 Å². The van der Waals surface area contributed by atoms with Crippen molar-refractivity contribution in [3.8, 4) is 0 Å².